The standard InChI is InChI=1S/C42H34N6/c1-2-31(17-15-16-27-43)36-29-37(32-18-7-3-4-8-19-32)46-42(45-36)48-39-25-14-13-23-35(39)41-40(48)30-47(34-21-10-6-11-22-34)38-24-12-5-9-20-33(38)26-28-44-41/h2-3,5-7,9-15,17-18,20-25,28-29,33H,4,16,26,30H2,1H3/b17-15-,31-2+,44-28?. The van der Waals surface area contributed by atoms with Crippen LogP contribution in [0.15, 0.2) is 138 Å². The third-order valence-electron chi connectivity index (χ3n) is 8.57. The maximum absolute atomic E-state index is 9.19. The summed E-state index contributed by atoms with van der Waals surface area (Å²) >= 11 is 0. The van der Waals surface area contributed by atoms with Crippen LogP contribution in [0.5, 0.6) is 0 Å². The molecular formula is C42H34N6. The molecule has 6 nitrogen and oxygen atoms in total. The van der Waals surface area contributed by atoms with Crippen molar-refractivity contribution in [2.45, 2.75) is 32.7 Å². The van der Waals surface area contributed by atoms with E-state index in [-0.39, 0.29) is 5.92 Å². The summed E-state index contributed by atoms with van der Waals surface area (Å²) < 4.78 is 2.17. The number of benzene rings is 2. The molecule has 0 N–H and O–H groups in total. The van der Waals surface area contributed by atoms with Crippen LogP contribution in [0.25, 0.3) is 28.0 Å². The van der Waals surface area contributed by atoms with Gasteiger partial charge >= 0.3 is 0 Å². The minimum Gasteiger partial charge on any atom is -0.338 e. The number of nitrogens with zero attached hydrogens (tertiary/aromatic N) is 6. The van der Waals surface area contributed by atoms with Crippen LogP contribution in [-0.4, -0.2) is 20.7 Å². The van der Waals surface area contributed by atoms with Crippen molar-refractivity contribution in [3.8, 4) is 23.9 Å². The summed E-state index contributed by atoms with van der Waals surface area (Å²) in [6.45, 7) is 2.53. The van der Waals surface area contributed by atoms with Crippen LogP contribution in [0.2, 0.25) is 0 Å². The zero-order chi connectivity index (χ0) is 32.7. The van der Waals surface area contributed by atoms with Crippen molar-refractivity contribution < 1.29 is 0 Å². The number of hydrogen-bond donors (Lipinski definition) is 0. The lowest BCUT2D eigenvalue weighted by molar-refractivity contribution is 0.723. The first-order chi connectivity index (χ1) is 23.7. The molecule has 2 aromatic carbocycles. The Hall–Kier alpha value is -6.24. The first-order valence-electron chi connectivity index (χ1n) is 16.2. The lowest BCUT2D eigenvalue weighted by Crippen LogP contribution is -2.27. The fourth-order valence-corrected chi connectivity index (χ4v) is 6.29. The quantitative estimate of drug-likeness (QED) is 0.159. The van der Waals surface area contributed by atoms with E-state index in [4.69, 9.17) is 15.0 Å². The molecule has 2 aromatic heterocycles. The molecule has 3 heterocycles. The summed E-state index contributed by atoms with van der Waals surface area (Å²) in [4.78, 5) is 18.0. The Balaban J connectivity index is 1.50. The highest BCUT2D eigenvalue weighted by Gasteiger charge is 2.28. The molecule has 48 heavy (non-hydrogen) atoms. The number of nitriles is 1. The number of allylic oxidation sites excluding steroid dienone is 13. The number of anilines is 1. The van der Waals surface area contributed by atoms with E-state index in [9.17, 15) is 5.26 Å². The average Bonchev–Trinajstić information content (AvgIpc) is 3.32. The molecule has 0 radical (unpaired) electrons. The summed E-state index contributed by atoms with van der Waals surface area (Å²) in [5, 5.41) is 10.2. The van der Waals surface area contributed by atoms with Gasteiger partial charge in [-0.3, -0.25) is 9.56 Å². The van der Waals surface area contributed by atoms with Gasteiger partial charge in [-0.2, -0.15) is 5.26 Å². The number of aromatic nitrogens is 3. The second kappa shape index (κ2) is 14.0. The Morgan fingerprint density at radius 1 is 1.02 bits per heavy atom. The molecule has 1 atom stereocenters. The molecule has 0 amide bonds. The van der Waals surface area contributed by atoms with Crippen LogP contribution in [0.4, 0.5) is 11.4 Å². The third kappa shape index (κ3) is 6.12. The maximum Gasteiger partial charge on any atom is 0.235 e. The number of para-hydroxylation sites is 2. The van der Waals surface area contributed by atoms with Gasteiger partial charge in [0.05, 0.1) is 52.9 Å². The monoisotopic (exact) mass is 622 g/mol. The molecule has 6 heteroatoms. The van der Waals surface area contributed by atoms with Crippen molar-refractivity contribution in [1.82, 2.24) is 14.5 Å². The van der Waals surface area contributed by atoms with Crippen molar-refractivity contribution in [2.24, 2.45) is 10.9 Å². The lowest BCUT2D eigenvalue weighted by atomic mass is 9.99. The minimum atomic E-state index is 0.158. The Kier molecular flexibility index (Phi) is 8.89. The highest BCUT2D eigenvalue weighted by Crippen LogP contribution is 2.40. The predicted molar refractivity (Wildman–Crippen MR) is 197 cm³/mol. The van der Waals surface area contributed by atoms with Crippen LogP contribution in [0, 0.1) is 29.1 Å². The van der Waals surface area contributed by atoms with Crippen LogP contribution in [0.1, 0.15) is 43.3 Å². The van der Waals surface area contributed by atoms with Gasteiger partial charge in [-0.15, -0.1) is 0 Å². The van der Waals surface area contributed by atoms with Gasteiger partial charge in [0.2, 0.25) is 5.95 Å². The summed E-state index contributed by atoms with van der Waals surface area (Å²) in [5.41, 5.74) is 8.39. The maximum atomic E-state index is 9.19. The van der Waals surface area contributed by atoms with Gasteiger partial charge < -0.3 is 4.90 Å². The van der Waals surface area contributed by atoms with Crippen LogP contribution in [-0.2, 0) is 6.54 Å². The Labute approximate surface area is 281 Å². The number of hydrogen-bond acceptors (Lipinski definition) is 5. The molecule has 0 fully saturated rings. The van der Waals surface area contributed by atoms with E-state index in [1.807, 2.05) is 55.5 Å². The number of fused-ring (bicyclic) bond motifs is 4. The average molecular weight is 623 g/mol. The Morgan fingerprint density at radius 2 is 1.90 bits per heavy atom. The van der Waals surface area contributed by atoms with Gasteiger partial charge in [0.1, 0.15) is 0 Å². The van der Waals surface area contributed by atoms with Crippen LogP contribution >= 0.6 is 0 Å². The predicted octanol–water partition coefficient (Wildman–Crippen LogP) is 9.38. The molecule has 0 bridgehead atoms. The van der Waals surface area contributed by atoms with Crippen molar-refractivity contribution in [3.63, 3.8) is 0 Å². The van der Waals surface area contributed by atoms with Crippen molar-refractivity contribution in [2.75, 3.05) is 4.90 Å². The van der Waals surface area contributed by atoms with Crippen molar-refractivity contribution >= 4 is 39.6 Å². The van der Waals surface area contributed by atoms with E-state index in [1.54, 1.807) is 0 Å². The zero-order valence-electron chi connectivity index (χ0n) is 26.8. The largest absolute Gasteiger partial charge is 0.338 e. The van der Waals surface area contributed by atoms with Crippen LogP contribution < -0.4 is 4.90 Å². The summed E-state index contributed by atoms with van der Waals surface area (Å²) in [5.74, 6) is 7.24. The normalized spacial score (nSPS) is 17.2. The van der Waals surface area contributed by atoms with E-state index in [0.29, 0.717) is 25.3 Å². The number of rotatable bonds is 6. The van der Waals surface area contributed by atoms with Crippen LogP contribution in [0.3, 0.4) is 0 Å². The topological polar surface area (TPSA) is 70.1 Å². The molecule has 2 aliphatic carbocycles. The van der Waals surface area contributed by atoms with Gasteiger partial charge in [0.15, 0.2) is 0 Å². The second-order valence-corrected chi connectivity index (χ2v) is 11.5. The van der Waals surface area contributed by atoms with E-state index in [1.165, 1.54) is 5.70 Å². The molecule has 4 aromatic rings. The summed E-state index contributed by atoms with van der Waals surface area (Å²) in [6, 6.07) is 23.1. The third-order valence-corrected chi connectivity index (χ3v) is 8.57. The smallest absolute Gasteiger partial charge is 0.235 e. The van der Waals surface area contributed by atoms with Crippen molar-refractivity contribution in [3.05, 3.63) is 150 Å². The Bertz CT molecular complexity index is 2220. The van der Waals surface area contributed by atoms with Gasteiger partial charge in [-0.1, -0.05) is 103 Å². The number of aliphatic imine (C=N–C) groups is 1. The zero-order valence-corrected chi connectivity index (χ0v) is 26.8. The summed E-state index contributed by atoms with van der Waals surface area (Å²) in [6.07, 6.45) is 26.5. The Morgan fingerprint density at radius 3 is 2.77 bits per heavy atom. The second-order valence-electron chi connectivity index (χ2n) is 11.5. The molecule has 0 spiro atoms. The minimum absolute atomic E-state index is 0.158. The molecule has 3 aliphatic rings. The van der Waals surface area contributed by atoms with Gasteiger partial charge in [0, 0.05) is 35.3 Å². The molecule has 7 rings (SSSR count). The molecule has 0 saturated heterocycles. The van der Waals surface area contributed by atoms with E-state index < -0.39 is 0 Å². The van der Waals surface area contributed by atoms with Crippen molar-refractivity contribution in [1.29, 1.82) is 5.26 Å². The van der Waals surface area contributed by atoms with Gasteiger partial charge in [0.25, 0.3) is 0 Å². The molecule has 1 aliphatic heterocycles. The molecule has 232 valence electrons. The molecular weight excluding hydrogens is 589 g/mol. The van der Waals surface area contributed by atoms with E-state index in [2.05, 4.69) is 113 Å². The molecule has 1 unspecified atom stereocenters. The highest BCUT2D eigenvalue weighted by molar-refractivity contribution is 5.96. The fraction of sp³-hybridized carbons (Fsp3) is 0.143. The summed E-state index contributed by atoms with van der Waals surface area (Å²) in [7, 11) is 0. The van der Waals surface area contributed by atoms with E-state index in [0.717, 1.165) is 56.9 Å². The SMILES string of the molecule is C/C=C(\C=C/CC#N)c1cc(C2=CC=CCC#C2)nc(-n2c3c(c4ccccc42)N=CCC2C=CC=CC=C2N(c2ccccc2)C3)n1. The van der Waals surface area contributed by atoms with Gasteiger partial charge in [-0.05, 0) is 55.3 Å². The molecule has 0 saturated carbocycles. The van der Waals surface area contributed by atoms with Gasteiger partial charge in [-0.25, -0.2) is 9.97 Å². The van der Waals surface area contributed by atoms with E-state index >= 15 is 0 Å². The lowest BCUT2D eigenvalue weighted by Gasteiger charge is -2.31. The fourth-order valence-electron chi connectivity index (χ4n) is 6.29. The first kappa shape index (κ1) is 30.4. The first-order valence-corrected chi connectivity index (χ1v) is 16.2. The highest BCUT2D eigenvalue weighted by atomic mass is 15.2.